The van der Waals surface area contributed by atoms with Gasteiger partial charge in [-0.1, -0.05) is 27.2 Å². The topological polar surface area (TPSA) is 117 Å². The number of Topliss-reactive ketones (excluding diaryl/α,β-unsaturated/α-hetero) is 1. The van der Waals surface area contributed by atoms with Gasteiger partial charge in [-0.05, 0) is 37.0 Å². The van der Waals surface area contributed by atoms with E-state index in [-0.39, 0.29) is 35.9 Å². The maximum absolute atomic E-state index is 13.2. The molecule has 2 fully saturated rings. The van der Waals surface area contributed by atoms with Crippen molar-refractivity contribution in [3.8, 4) is 5.75 Å². The number of carbonyl (C=O) groups excluding carboxylic acids is 3. The van der Waals surface area contributed by atoms with Crippen LogP contribution in [-0.4, -0.2) is 79.2 Å². The summed E-state index contributed by atoms with van der Waals surface area (Å²) in [5.41, 5.74) is 1.03. The molecule has 0 aromatic heterocycles. The molecule has 35 heavy (non-hydrogen) atoms. The lowest BCUT2D eigenvalue weighted by Crippen LogP contribution is -2.57. The van der Waals surface area contributed by atoms with Crippen LogP contribution in [-0.2, 0) is 25.6 Å². The van der Waals surface area contributed by atoms with Crippen LogP contribution < -0.4 is 10.6 Å². The SMILES string of the molecule is CCCC1COCC(=O)[C@H]1NC(=O)C(CC(C)C)NC(=O)c1ccc(O)c(CN2CCOCC2)c1. The van der Waals surface area contributed by atoms with E-state index >= 15 is 0 Å². The summed E-state index contributed by atoms with van der Waals surface area (Å²) in [4.78, 5) is 41.0. The minimum absolute atomic E-state index is 0.00814. The van der Waals surface area contributed by atoms with Crippen LogP contribution in [0.3, 0.4) is 0 Å². The smallest absolute Gasteiger partial charge is 0.251 e. The molecule has 9 heteroatoms. The molecule has 3 rings (SSSR count). The summed E-state index contributed by atoms with van der Waals surface area (Å²) in [6.07, 6.45) is 2.09. The molecular formula is C26H39N3O6. The lowest BCUT2D eigenvalue weighted by atomic mass is 9.90. The van der Waals surface area contributed by atoms with Crippen molar-refractivity contribution in [3.05, 3.63) is 29.3 Å². The van der Waals surface area contributed by atoms with E-state index in [1.54, 1.807) is 12.1 Å². The second kappa shape index (κ2) is 13.0. The number of amides is 2. The Balaban J connectivity index is 1.70. The van der Waals surface area contributed by atoms with Crippen LogP contribution >= 0.6 is 0 Å². The third-order valence-electron chi connectivity index (χ3n) is 6.52. The van der Waals surface area contributed by atoms with E-state index < -0.39 is 18.0 Å². The number of phenolic OH excluding ortho intramolecular Hbond substituents is 1. The van der Waals surface area contributed by atoms with Gasteiger partial charge in [0, 0.05) is 36.7 Å². The van der Waals surface area contributed by atoms with Crippen molar-refractivity contribution in [1.29, 1.82) is 0 Å². The van der Waals surface area contributed by atoms with Gasteiger partial charge in [0.1, 0.15) is 18.4 Å². The molecular weight excluding hydrogens is 450 g/mol. The Labute approximate surface area is 207 Å². The number of ketones is 1. The van der Waals surface area contributed by atoms with Gasteiger partial charge in [-0.25, -0.2) is 0 Å². The molecule has 0 radical (unpaired) electrons. The Morgan fingerprint density at radius 2 is 1.94 bits per heavy atom. The van der Waals surface area contributed by atoms with Crippen LogP contribution in [0.2, 0.25) is 0 Å². The third kappa shape index (κ3) is 7.75. The number of phenols is 1. The van der Waals surface area contributed by atoms with Gasteiger partial charge < -0.3 is 25.2 Å². The molecule has 0 bridgehead atoms. The number of nitrogens with one attached hydrogen (secondary N) is 2. The van der Waals surface area contributed by atoms with Crippen LogP contribution in [0, 0.1) is 11.8 Å². The first kappa shape index (κ1) is 27.1. The van der Waals surface area contributed by atoms with E-state index in [0.29, 0.717) is 43.9 Å². The number of hydrogen-bond acceptors (Lipinski definition) is 7. The van der Waals surface area contributed by atoms with Crippen molar-refractivity contribution in [2.75, 3.05) is 39.5 Å². The quantitative estimate of drug-likeness (QED) is 0.459. The van der Waals surface area contributed by atoms with E-state index in [1.165, 1.54) is 6.07 Å². The molecule has 1 aromatic rings. The number of ether oxygens (including phenoxy) is 2. The lowest BCUT2D eigenvalue weighted by Gasteiger charge is -2.32. The van der Waals surface area contributed by atoms with Gasteiger partial charge in [0.25, 0.3) is 5.91 Å². The Hall–Kier alpha value is -2.49. The molecule has 2 heterocycles. The number of carbonyl (C=O) groups is 3. The summed E-state index contributed by atoms with van der Waals surface area (Å²) >= 11 is 0. The zero-order chi connectivity index (χ0) is 25.4. The summed E-state index contributed by atoms with van der Waals surface area (Å²) in [5, 5.41) is 16.1. The van der Waals surface area contributed by atoms with Gasteiger partial charge in [0.05, 0.1) is 25.9 Å². The highest BCUT2D eigenvalue weighted by molar-refractivity contribution is 5.99. The molecule has 1 aromatic carbocycles. The average Bonchev–Trinajstić information content (AvgIpc) is 2.82. The molecule has 2 unspecified atom stereocenters. The largest absolute Gasteiger partial charge is 0.508 e. The molecule has 2 aliphatic heterocycles. The molecule has 2 saturated heterocycles. The maximum atomic E-state index is 13.2. The van der Waals surface area contributed by atoms with Crippen molar-refractivity contribution < 1.29 is 29.0 Å². The molecule has 0 spiro atoms. The summed E-state index contributed by atoms with van der Waals surface area (Å²) < 4.78 is 10.8. The first-order valence-corrected chi connectivity index (χ1v) is 12.6. The fourth-order valence-electron chi connectivity index (χ4n) is 4.63. The van der Waals surface area contributed by atoms with E-state index in [1.807, 2.05) is 20.8 Å². The first-order valence-electron chi connectivity index (χ1n) is 12.6. The van der Waals surface area contributed by atoms with E-state index in [2.05, 4.69) is 15.5 Å². The van der Waals surface area contributed by atoms with Gasteiger partial charge in [0.2, 0.25) is 5.91 Å². The maximum Gasteiger partial charge on any atom is 0.251 e. The van der Waals surface area contributed by atoms with Crippen molar-refractivity contribution >= 4 is 17.6 Å². The Morgan fingerprint density at radius 1 is 1.20 bits per heavy atom. The highest BCUT2D eigenvalue weighted by Gasteiger charge is 2.35. The molecule has 2 amide bonds. The molecule has 9 nitrogen and oxygen atoms in total. The van der Waals surface area contributed by atoms with Gasteiger partial charge in [-0.15, -0.1) is 0 Å². The summed E-state index contributed by atoms with van der Waals surface area (Å²) in [5.74, 6) is -0.674. The molecule has 0 saturated carbocycles. The zero-order valence-corrected chi connectivity index (χ0v) is 21.0. The Kier molecular flexibility index (Phi) is 10.1. The zero-order valence-electron chi connectivity index (χ0n) is 21.0. The first-order chi connectivity index (χ1) is 16.8. The average molecular weight is 490 g/mol. The highest BCUT2D eigenvalue weighted by atomic mass is 16.5. The van der Waals surface area contributed by atoms with Crippen molar-refractivity contribution in [3.63, 3.8) is 0 Å². The molecule has 0 aliphatic carbocycles. The monoisotopic (exact) mass is 489 g/mol. The standard InChI is InChI=1S/C26H39N3O6/c1-4-5-19-15-35-16-23(31)24(19)28-26(33)21(12-17(2)3)27-25(32)18-6-7-22(30)20(13-18)14-29-8-10-34-11-9-29/h6-7,13,17,19,21,24,30H,4-5,8-12,14-16H2,1-3H3,(H,27,32)(H,28,33)/t19?,21?,24-/m0/s1. The number of aromatic hydroxyl groups is 1. The number of benzene rings is 1. The number of rotatable bonds is 10. The van der Waals surface area contributed by atoms with Gasteiger partial charge in [-0.3, -0.25) is 19.3 Å². The minimum atomic E-state index is -0.781. The van der Waals surface area contributed by atoms with Crippen molar-refractivity contribution in [1.82, 2.24) is 15.5 Å². The second-order valence-corrected chi connectivity index (χ2v) is 9.90. The predicted octanol–water partition coefficient (Wildman–Crippen LogP) is 1.87. The number of morpholine rings is 1. The summed E-state index contributed by atoms with van der Waals surface area (Å²) in [6, 6.07) is 3.35. The molecule has 3 N–H and O–H groups in total. The van der Waals surface area contributed by atoms with Crippen LogP contribution in [0.1, 0.15) is 56.0 Å². The fourth-order valence-corrected chi connectivity index (χ4v) is 4.63. The highest BCUT2D eigenvalue weighted by Crippen LogP contribution is 2.22. The lowest BCUT2D eigenvalue weighted by molar-refractivity contribution is -0.138. The van der Waals surface area contributed by atoms with Gasteiger partial charge in [-0.2, -0.15) is 0 Å². The van der Waals surface area contributed by atoms with Crippen LogP contribution in [0.15, 0.2) is 18.2 Å². The van der Waals surface area contributed by atoms with E-state index in [9.17, 15) is 19.5 Å². The summed E-state index contributed by atoms with van der Waals surface area (Å²) in [6.45, 7) is 9.73. The van der Waals surface area contributed by atoms with Gasteiger partial charge >= 0.3 is 0 Å². The fraction of sp³-hybridized carbons (Fsp3) is 0.654. The van der Waals surface area contributed by atoms with E-state index in [4.69, 9.17) is 9.47 Å². The van der Waals surface area contributed by atoms with Crippen LogP contribution in [0.25, 0.3) is 0 Å². The van der Waals surface area contributed by atoms with Gasteiger partial charge in [0.15, 0.2) is 5.78 Å². The Morgan fingerprint density at radius 3 is 2.63 bits per heavy atom. The Bertz CT molecular complexity index is 882. The minimum Gasteiger partial charge on any atom is -0.508 e. The second-order valence-electron chi connectivity index (χ2n) is 9.90. The summed E-state index contributed by atoms with van der Waals surface area (Å²) in [7, 11) is 0. The predicted molar refractivity (Wildman–Crippen MR) is 131 cm³/mol. The number of nitrogens with zero attached hydrogens (tertiary/aromatic N) is 1. The van der Waals surface area contributed by atoms with Crippen molar-refractivity contribution in [2.45, 2.75) is 58.7 Å². The molecule has 3 atom stereocenters. The van der Waals surface area contributed by atoms with Crippen molar-refractivity contribution in [2.24, 2.45) is 11.8 Å². The van der Waals surface area contributed by atoms with E-state index in [0.717, 1.165) is 25.9 Å². The molecule has 194 valence electrons. The van der Waals surface area contributed by atoms with Crippen LogP contribution in [0.4, 0.5) is 0 Å². The third-order valence-corrected chi connectivity index (χ3v) is 6.52. The van der Waals surface area contributed by atoms with Crippen LogP contribution in [0.5, 0.6) is 5.75 Å². The molecule has 2 aliphatic rings. The normalized spacial score (nSPS) is 22.1. The number of hydrogen-bond donors (Lipinski definition) is 3.